The molecule has 0 amide bonds. The van der Waals surface area contributed by atoms with Gasteiger partial charge in [0.2, 0.25) is 0 Å². The molecule has 1 aromatic rings. The van der Waals surface area contributed by atoms with Crippen LogP contribution in [0.4, 0.5) is 0 Å². The minimum Gasteiger partial charge on any atom is -0.495 e. The number of rotatable bonds is 6. The summed E-state index contributed by atoms with van der Waals surface area (Å²) < 4.78 is 62.3. The van der Waals surface area contributed by atoms with Crippen LogP contribution < -0.4 is 4.74 Å². The van der Waals surface area contributed by atoms with Gasteiger partial charge in [0.1, 0.15) is 10.6 Å². The normalized spacial score (nSPS) is 25.2. The third kappa shape index (κ3) is 4.65. The Morgan fingerprint density at radius 2 is 1.87 bits per heavy atom. The van der Waals surface area contributed by atoms with Crippen LogP contribution in [-0.2, 0) is 29.2 Å². The molecule has 8 nitrogen and oxygen atoms in total. The van der Waals surface area contributed by atoms with Gasteiger partial charge >= 0.3 is 5.97 Å². The fraction of sp³-hybridized carbons (Fsp3) is 0.650. The molecule has 0 aliphatic carbocycles. The highest BCUT2D eigenvalue weighted by Gasteiger charge is 2.49. The standard InChI is InChI=1S/C20H29NO7S2/c1-4-28-20(22)15-7-9-21(10-8-15)16-12-29(23,24)13-19(16)30(25,26)18-11-14(2)5-6-17(18)27-3/h5-6,11,15-16,19H,4,7-10,12-13H2,1-3H3. The Morgan fingerprint density at radius 3 is 2.47 bits per heavy atom. The van der Waals surface area contributed by atoms with Gasteiger partial charge in [-0.3, -0.25) is 9.69 Å². The number of carbonyl (C=O) groups is 1. The summed E-state index contributed by atoms with van der Waals surface area (Å²) in [4.78, 5) is 13.9. The minimum absolute atomic E-state index is 0.0264. The second-order valence-electron chi connectivity index (χ2n) is 7.94. The average molecular weight is 460 g/mol. The summed E-state index contributed by atoms with van der Waals surface area (Å²) in [5, 5.41) is -1.07. The van der Waals surface area contributed by atoms with Crippen molar-refractivity contribution in [3.8, 4) is 5.75 Å². The smallest absolute Gasteiger partial charge is 0.309 e. The Morgan fingerprint density at radius 1 is 1.20 bits per heavy atom. The van der Waals surface area contributed by atoms with E-state index in [-0.39, 0.29) is 28.3 Å². The van der Waals surface area contributed by atoms with Gasteiger partial charge in [-0.15, -0.1) is 0 Å². The number of esters is 1. The molecule has 0 bridgehead atoms. The van der Waals surface area contributed by atoms with Gasteiger partial charge in [-0.05, 0) is 57.5 Å². The maximum Gasteiger partial charge on any atom is 0.309 e. The monoisotopic (exact) mass is 459 g/mol. The van der Waals surface area contributed by atoms with E-state index in [9.17, 15) is 21.6 Å². The Hall–Kier alpha value is -1.65. The molecule has 1 aromatic carbocycles. The van der Waals surface area contributed by atoms with Gasteiger partial charge in [0, 0.05) is 6.04 Å². The van der Waals surface area contributed by atoms with Gasteiger partial charge in [-0.25, -0.2) is 16.8 Å². The summed E-state index contributed by atoms with van der Waals surface area (Å²) in [5.74, 6) is -0.870. The number of methoxy groups -OCH3 is 1. The van der Waals surface area contributed by atoms with Crippen molar-refractivity contribution in [2.75, 3.05) is 38.3 Å². The Balaban J connectivity index is 1.87. The lowest BCUT2D eigenvalue weighted by Crippen LogP contribution is -2.50. The predicted octanol–water partition coefficient (Wildman–Crippen LogP) is 1.22. The van der Waals surface area contributed by atoms with Crippen molar-refractivity contribution in [1.29, 1.82) is 0 Å². The summed E-state index contributed by atoms with van der Waals surface area (Å²) in [6, 6.07) is 4.23. The second-order valence-corrected chi connectivity index (χ2v) is 12.2. The fourth-order valence-corrected chi connectivity index (χ4v) is 9.40. The first-order valence-electron chi connectivity index (χ1n) is 10.1. The van der Waals surface area contributed by atoms with Crippen LogP contribution in [-0.4, -0.2) is 77.3 Å². The van der Waals surface area contributed by atoms with Gasteiger partial charge in [0.05, 0.1) is 36.4 Å². The van der Waals surface area contributed by atoms with Crippen molar-refractivity contribution >= 4 is 25.6 Å². The quantitative estimate of drug-likeness (QED) is 0.585. The van der Waals surface area contributed by atoms with E-state index in [1.807, 2.05) is 4.90 Å². The number of likely N-dealkylation sites (tertiary alicyclic amines) is 1. The summed E-state index contributed by atoms with van der Waals surface area (Å²) in [7, 11) is -6.06. The van der Waals surface area contributed by atoms with Crippen LogP contribution in [0.3, 0.4) is 0 Å². The molecule has 168 valence electrons. The lowest BCUT2D eigenvalue weighted by atomic mass is 9.95. The van der Waals surface area contributed by atoms with Crippen LogP contribution in [0.2, 0.25) is 0 Å². The third-order valence-electron chi connectivity index (χ3n) is 5.91. The van der Waals surface area contributed by atoms with Gasteiger partial charge in [0.25, 0.3) is 0 Å². The molecule has 0 aromatic heterocycles. The number of ether oxygens (including phenoxy) is 2. The minimum atomic E-state index is -3.95. The third-order valence-corrected chi connectivity index (χ3v) is 10.1. The number of carbonyl (C=O) groups excluding carboxylic acids is 1. The molecule has 10 heteroatoms. The molecule has 2 unspecified atom stereocenters. The van der Waals surface area contributed by atoms with E-state index >= 15 is 0 Å². The first-order chi connectivity index (χ1) is 14.1. The van der Waals surface area contributed by atoms with Gasteiger partial charge in [0.15, 0.2) is 19.7 Å². The van der Waals surface area contributed by atoms with Crippen LogP contribution >= 0.6 is 0 Å². The highest BCUT2D eigenvalue weighted by molar-refractivity contribution is 7.96. The van der Waals surface area contributed by atoms with Crippen molar-refractivity contribution < 1.29 is 31.1 Å². The Bertz CT molecular complexity index is 996. The SMILES string of the molecule is CCOC(=O)C1CCN(C2CS(=O)(=O)CC2S(=O)(=O)c2cc(C)ccc2OC)CC1. The number of benzene rings is 1. The zero-order valence-corrected chi connectivity index (χ0v) is 19.2. The van der Waals surface area contributed by atoms with E-state index in [1.165, 1.54) is 13.2 Å². The molecular formula is C20H29NO7S2. The number of hydrogen-bond donors (Lipinski definition) is 0. The van der Waals surface area contributed by atoms with E-state index in [4.69, 9.17) is 9.47 Å². The lowest BCUT2D eigenvalue weighted by Gasteiger charge is -2.36. The highest BCUT2D eigenvalue weighted by atomic mass is 32.2. The Labute approximate surface area is 178 Å². The van der Waals surface area contributed by atoms with Crippen LogP contribution in [0.15, 0.2) is 23.1 Å². The van der Waals surface area contributed by atoms with Crippen LogP contribution in [0.1, 0.15) is 25.3 Å². The molecule has 2 aliphatic rings. The van der Waals surface area contributed by atoms with Crippen LogP contribution in [0, 0.1) is 12.8 Å². The molecule has 2 aliphatic heterocycles. The summed E-state index contributed by atoms with van der Waals surface area (Å²) in [5.41, 5.74) is 0.752. The van der Waals surface area contributed by atoms with Crippen molar-refractivity contribution in [2.45, 2.75) is 42.9 Å². The molecule has 3 rings (SSSR count). The number of nitrogens with zero attached hydrogens (tertiary/aromatic N) is 1. The van der Waals surface area contributed by atoms with Crippen LogP contribution in [0.5, 0.6) is 5.75 Å². The topological polar surface area (TPSA) is 107 Å². The van der Waals surface area contributed by atoms with E-state index in [2.05, 4.69) is 0 Å². The second kappa shape index (κ2) is 8.84. The molecule has 0 saturated carbocycles. The summed E-state index contributed by atoms with van der Waals surface area (Å²) in [6.45, 7) is 4.77. The van der Waals surface area contributed by atoms with Crippen molar-refractivity contribution in [1.82, 2.24) is 4.90 Å². The predicted molar refractivity (Wildman–Crippen MR) is 112 cm³/mol. The molecule has 2 heterocycles. The van der Waals surface area contributed by atoms with Crippen molar-refractivity contribution in [3.05, 3.63) is 23.8 Å². The van der Waals surface area contributed by atoms with Crippen molar-refractivity contribution in [2.24, 2.45) is 5.92 Å². The molecule has 30 heavy (non-hydrogen) atoms. The number of sulfone groups is 2. The molecule has 0 spiro atoms. The van der Waals surface area contributed by atoms with E-state index in [1.54, 1.807) is 26.0 Å². The highest BCUT2D eigenvalue weighted by Crippen LogP contribution is 2.35. The maximum absolute atomic E-state index is 13.5. The number of piperidine rings is 1. The number of hydrogen-bond acceptors (Lipinski definition) is 8. The molecule has 0 N–H and O–H groups in total. The van der Waals surface area contributed by atoms with Gasteiger partial charge in [-0.1, -0.05) is 6.07 Å². The molecule has 2 saturated heterocycles. The largest absolute Gasteiger partial charge is 0.495 e. The van der Waals surface area contributed by atoms with Crippen molar-refractivity contribution in [3.63, 3.8) is 0 Å². The average Bonchev–Trinajstić information content (AvgIpc) is 3.04. The molecule has 2 atom stereocenters. The molecule has 2 fully saturated rings. The van der Waals surface area contributed by atoms with E-state index in [0.29, 0.717) is 32.5 Å². The first kappa shape index (κ1) is 23.0. The number of aryl methyl sites for hydroxylation is 1. The zero-order chi connectivity index (χ0) is 22.1. The summed E-state index contributed by atoms with van der Waals surface area (Å²) in [6.07, 6.45) is 1.05. The maximum atomic E-state index is 13.5. The van der Waals surface area contributed by atoms with E-state index < -0.39 is 36.7 Å². The first-order valence-corrected chi connectivity index (χ1v) is 13.5. The Kier molecular flexibility index (Phi) is 6.78. The molecular weight excluding hydrogens is 430 g/mol. The van der Waals surface area contributed by atoms with Crippen LogP contribution in [0.25, 0.3) is 0 Å². The molecule has 0 radical (unpaired) electrons. The lowest BCUT2D eigenvalue weighted by molar-refractivity contribution is -0.149. The van der Waals surface area contributed by atoms with E-state index in [0.717, 1.165) is 5.56 Å². The fourth-order valence-electron chi connectivity index (χ4n) is 4.33. The van der Waals surface area contributed by atoms with Gasteiger partial charge in [-0.2, -0.15) is 0 Å². The zero-order valence-electron chi connectivity index (χ0n) is 17.5. The summed E-state index contributed by atoms with van der Waals surface area (Å²) >= 11 is 0. The van der Waals surface area contributed by atoms with Gasteiger partial charge < -0.3 is 9.47 Å².